The van der Waals surface area contributed by atoms with Gasteiger partial charge in [-0.3, -0.25) is 10.1 Å². The zero-order valence-corrected chi connectivity index (χ0v) is 15.9. The number of hydrogen-bond acceptors (Lipinski definition) is 4. The third kappa shape index (κ3) is 3.66. The molecule has 0 unspecified atom stereocenters. The third-order valence-corrected chi connectivity index (χ3v) is 4.54. The summed E-state index contributed by atoms with van der Waals surface area (Å²) in [4.78, 5) is 14.1. The van der Waals surface area contributed by atoms with Gasteiger partial charge in [-0.05, 0) is 42.1 Å². The Morgan fingerprint density at radius 3 is 2.54 bits per heavy atom. The van der Waals surface area contributed by atoms with E-state index in [1.165, 1.54) is 0 Å². The minimum atomic E-state index is -0.256. The van der Waals surface area contributed by atoms with Gasteiger partial charge in [0.25, 0.3) is 5.91 Å². The summed E-state index contributed by atoms with van der Waals surface area (Å²) in [5.41, 5.74) is 2.15. The molecule has 0 bridgehead atoms. The number of para-hydroxylation sites is 1. The predicted octanol–water partition coefficient (Wildman–Crippen LogP) is 3.62. The number of ether oxygens (including phenoxy) is 2. The first-order chi connectivity index (χ1) is 12.5. The normalized spacial score (nSPS) is 15.3. The molecule has 1 heterocycles. The predicted molar refractivity (Wildman–Crippen MR) is 105 cm³/mol. The Morgan fingerprint density at radius 1 is 1.15 bits per heavy atom. The monoisotopic (exact) mass is 388 g/mol. The molecule has 0 aliphatic carbocycles. The van der Waals surface area contributed by atoms with Gasteiger partial charge in [-0.1, -0.05) is 35.9 Å². The van der Waals surface area contributed by atoms with Gasteiger partial charge >= 0.3 is 0 Å². The lowest BCUT2D eigenvalue weighted by Gasteiger charge is -2.18. The molecule has 0 spiro atoms. The second kappa shape index (κ2) is 7.76. The summed E-state index contributed by atoms with van der Waals surface area (Å²) in [5.74, 6) is 0.889. The minimum Gasteiger partial charge on any atom is -0.493 e. The summed E-state index contributed by atoms with van der Waals surface area (Å²) in [7, 11) is 3.13. The molecule has 26 heavy (non-hydrogen) atoms. The van der Waals surface area contributed by atoms with E-state index in [1.54, 1.807) is 43.4 Å². The maximum Gasteiger partial charge on any atom is 0.274 e. The SMILES string of the molecule is COc1cccc(/C=C2\C(=O)NC(=S)N2Cc2ccc(Cl)cc2)c1OC. The fourth-order valence-electron chi connectivity index (χ4n) is 2.71. The van der Waals surface area contributed by atoms with Crippen molar-refractivity contribution in [2.75, 3.05) is 14.2 Å². The van der Waals surface area contributed by atoms with Crippen LogP contribution in [-0.4, -0.2) is 30.1 Å². The molecule has 0 atom stereocenters. The van der Waals surface area contributed by atoms with Crippen molar-refractivity contribution < 1.29 is 14.3 Å². The summed E-state index contributed by atoms with van der Waals surface area (Å²) < 4.78 is 10.8. The van der Waals surface area contributed by atoms with E-state index in [2.05, 4.69) is 5.32 Å². The Labute approximate surface area is 162 Å². The number of nitrogens with zero attached hydrogens (tertiary/aromatic N) is 1. The second-order valence-electron chi connectivity index (χ2n) is 5.58. The maximum absolute atomic E-state index is 12.4. The number of nitrogens with one attached hydrogen (secondary N) is 1. The minimum absolute atomic E-state index is 0.256. The summed E-state index contributed by atoms with van der Waals surface area (Å²) in [6.07, 6.45) is 1.74. The van der Waals surface area contributed by atoms with Gasteiger partial charge in [-0.15, -0.1) is 0 Å². The van der Waals surface area contributed by atoms with Gasteiger partial charge in [0.05, 0.1) is 20.8 Å². The van der Waals surface area contributed by atoms with Gasteiger partial charge in [0.2, 0.25) is 0 Å². The highest BCUT2D eigenvalue weighted by Crippen LogP contribution is 2.33. The number of thiocarbonyl (C=S) groups is 1. The van der Waals surface area contributed by atoms with Crippen molar-refractivity contribution in [3.8, 4) is 11.5 Å². The van der Waals surface area contributed by atoms with Crippen molar-refractivity contribution in [2.24, 2.45) is 0 Å². The lowest BCUT2D eigenvalue weighted by molar-refractivity contribution is -0.115. The molecule has 1 aliphatic heterocycles. The van der Waals surface area contributed by atoms with E-state index < -0.39 is 0 Å². The van der Waals surface area contributed by atoms with Crippen molar-refractivity contribution in [2.45, 2.75) is 6.54 Å². The first-order valence-corrected chi connectivity index (χ1v) is 8.62. The molecule has 3 rings (SSSR count). The molecule has 2 aromatic carbocycles. The van der Waals surface area contributed by atoms with Crippen LogP contribution in [0.15, 0.2) is 48.2 Å². The van der Waals surface area contributed by atoms with Crippen molar-refractivity contribution >= 4 is 40.9 Å². The quantitative estimate of drug-likeness (QED) is 0.626. The van der Waals surface area contributed by atoms with Gasteiger partial charge < -0.3 is 14.4 Å². The molecule has 134 valence electrons. The highest BCUT2D eigenvalue weighted by atomic mass is 35.5. The molecule has 1 aliphatic rings. The molecule has 1 saturated heterocycles. The molecule has 0 saturated carbocycles. The van der Waals surface area contributed by atoms with Gasteiger partial charge in [0.1, 0.15) is 5.70 Å². The molecular weight excluding hydrogens is 372 g/mol. The van der Waals surface area contributed by atoms with Crippen LogP contribution in [-0.2, 0) is 11.3 Å². The van der Waals surface area contributed by atoms with Crippen LogP contribution in [0.5, 0.6) is 11.5 Å². The molecule has 0 radical (unpaired) electrons. The number of carbonyl (C=O) groups is 1. The zero-order valence-electron chi connectivity index (χ0n) is 14.3. The average molecular weight is 389 g/mol. The average Bonchev–Trinajstić information content (AvgIpc) is 2.90. The van der Waals surface area contributed by atoms with E-state index in [0.29, 0.717) is 33.9 Å². The molecule has 1 N–H and O–H groups in total. The number of rotatable bonds is 5. The number of carbonyl (C=O) groups excluding carboxylic acids is 1. The second-order valence-corrected chi connectivity index (χ2v) is 6.41. The van der Waals surface area contributed by atoms with Crippen LogP contribution in [0.25, 0.3) is 6.08 Å². The van der Waals surface area contributed by atoms with E-state index in [-0.39, 0.29) is 5.91 Å². The van der Waals surface area contributed by atoms with Crippen LogP contribution in [0.4, 0.5) is 0 Å². The zero-order chi connectivity index (χ0) is 18.7. The van der Waals surface area contributed by atoms with Crippen LogP contribution >= 0.6 is 23.8 Å². The first-order valence-electron chi connectivity index (χ1n) is 7.83. The fraction of sp³-hybridized carbons (Fsp3) is 0.158. The fourth-order valence-corrected chi connectivity index (χ4v) is 3.09. The largest absolute Gasteiger partial charge is 0.493 e. The van der Waals surface area contributed by atoms with Gasteiger partial charge in [0, 0.05) is 10.6 Å². The van der Waals surface area contributed by atoms with Crippen molar-refractivity contribution in [3.05, 3.63) is 64.3 Å². The van der Waals surface area contributed by atoms with Crippen LogP contribution in [0, 0.1) is 0 Å². The molecule has 0 aromatic heterocycles. The van der Waals surface area contributed by atoms with Crippen LogP contribution in [0.2, 0.25) is 5.02 Å². The number of benzene rings is 2. The summed E-state index contributed by atoms with van der Waals surface area (Å²) >= 11 is 11.3. The van der Waals surface area contributed by atoms with Crippen LogP contribution in [0.1, 0.15) is 11.1 Å². The highest BCUT2D eigenvalue weighted by molar-refractivity contribution is 7.80. The maximum atomic E-state index is 12.4. The van der Waals surface area contributed by atoms with E-state index in [0.717, 1.165) is 11.1 Å². The van der Waals surface area contributed by atoms with Gasteiger partial charge in [0.15, 0.2) is 16.6 Å². The molecule has 7 heteroatoms. The standard InChI is InChI=1S/C19H17ClN2O3S/c1-24-16-5-3-4-13(17(16)25-2)10-15-18(23)21-19(26)22(15)11-12-6-8-14(20)9-7-12/h3-10H,11H2,1-2H3,(H,21,23,26)/b15-10+. The number of hydrogen-bond donors (Lipinski definition) is 1. The number of amides is 1. The van der Waals surface area contributed by atoms with Gasteiger partial charge in [-0.2, -0.15) is 0 Å². The Kier molecular flexibility index (Phi) is 5.44. The molecule has 1 amide bonds. The first kappa shape index (κ1) is 18.2. The van der Waals surface area contributed by atoms with Crippen molar-refractivity contribution in [3.63, 3.8) is 0 Å². The van der Waals surface area contributed by atoms with E-state index in [1.807, 2.05) is 24.3 Å². The summed E-state index contributed by atoms with van der Waals surface area (Å²) in [5, 5.41) is 3.70. The highest BCUT2D eigenvalue weighted by Gasteiger charge is 2.30. The Balaban J connectivity index is 1.98. The summed E-state index contributed by atoms with van der Waals surface area (Å²) in [6.45, 7) is 0.451. The molecular formula is C19H17ClN2O3S. The molecule has 5 nitrogen and oxygen atoms in total. The lowest BCUT2D eigenvalue weighted by atomic mass is 10.1. The van der Waals surface area contributed by atoms with E-state index in [9.17, 15) is 4.79 Å². The molecule has 1 fully saturated rings. The topological polar surface area (TPSA) is 50.8 Å². The van der Waals surface area contributed by atoms with Crippen molar-refractivity contribution in [1.82, 2.24) is 10.2 Å². The summed E-state index contributed by atoms with van der Waals surface area (Å²) in [6, 6.07) is 12.9. The van der Waals surface area contributed by atoms with E-state index in [4.69, 9.17) is 33.3 Å². The Bertz CT molecular complexity index is 881. The number of methoxy groups -OCH3 is 2. The Hall–Kier alpha value is -2.57. The smallest absolute Gasteiger partial charge is 0.274 e. The van der Waals surface area contributed by atoms with Crippen LogP contribution < -0.4 is 14.8 Å². The third-order valence-electron chi connectivity index (χ3n) is 3.97. The van der Waals surface area contributed by atoms with E-state index >= 15 is 0 Å². The lowest BCUT2D eigenvalue weighted by Crippen LogP contribution is -2.26. The Morgan fingerprint density at radius 2 is 1.88 bits per heavy atom. The molecule has 2 aromatic rings. The number of halogens is 1. The van der Waals surface area contributed by atoms with Crippen LogP contribution in [0.3, 0.4) is 0 Å². The van der Waals surface area contributed by atoms with Gasteiger partial charge in [-0.25, -0.2) is 0 Å². The van der Waals surface area contributed by atoms with Crippen molar-refractivity contribution in [1.29, 1.82) is 0 Å².